The summed E-state index contributed by atoms with van der Waals surface area (Å²) < 4.78 is 0. The molecular weight excluding hydrogens is 534 g/mol. The summed E-state index contributed by atoms with van der Waals surface area (Å²) in [6, 6.07) is 34.7. The van der Waals surface area contributed by atoms with Crippen molar-refractivity contribution in [3.8, 4) is 0 Å². The normalized spacial score (nSPS) is 21.6. The molecule has 4 aromatic carbocycles. The summed E-state index contributed by atoms with van der Waals surface area (Å²) in [6.07, 6.45) is 4.12. The largest absolute Gasteiger partial charge is 0.371 e. The highest BCUT2D eigenvalue weighted by Crippen LogP contribution is 2.50. The first-order valence-electron chi connectivity index (χ1n) is 15.0. The molecule has 1 amide bonds. The van der Waals surface area contributed by atoms with Crippen LogP contribution in [0.3, 0.4) is 0 Å². The summed E-state index contributed by atoms with van der Waals surface area (Å²) in [6.45, 7) is 6.50. The highest BCUT2D eigenvalue weighted by Gasteiger charge is 2.35. The molecule has 0 saturated carbocycles. The molecule has 210 valence electrons. The molecule has 3 aliphatic rings. The standard InChI is InChI=1S/C37H35N3OS/c1-24(2)26-15-13-25(14-16-26)21-34-36(41)39-37(42-34)38-29-22-32-30(27-9-5-3-6-10-27)17-19-40-20-18-31(33(23-29)35(32)40)28-11-7-4-8-12-28/h3-16,21-24,30-31H,17-20H2,1-2H3,(H,38,39,41)/b34-21-/t30-,31-/m1/s1. The van der Waals surface area contributed by atoms with Gasteiger partial charge in [-0.1, -0.05) is 98.8 Å². The molecule has 1 N–H and O–H groups in total. The Morgan fingerprint density at radius 2 is 1.40 bits per heavy atom. The van der Waals surface area contributed by atoms with Gasteiger partial charge in [0.05, 0.1) is 10.6 Å². The molecule has 0 unspecified atom stereocenters. The van der Waals surface area contributed by atoms with Crippen LogP contribution in [0.15, 0.2) is 107 Å². The molecule has 3 aliphatic heterocycles. The number of amidine groups is 1. The lowest BCUT2D eigenvalue weighted by molar-refractivity contribution is -0.115. The van der Waals surface area contributed by atoms with E-state index in [4.69, 9.17) is 4.99 Å². The van der Waals surface area contributed by atoms with Gasteiger partial charge in [-0.3, -0.25) is 4.79 Å². The van der Waals surface area contributed by atoms with Gasteiger partial charge in [-0.15, -0.1) is 0 Å². The maximum Gasteiger partial charge on any atom is 0.264 e. The van der Waals surface area contributed by atoms with E-state index in [-0.39, 0.29) is 5.91 Å². The van der Waals surface area contributed by atoms with Crippen LogP contribution >= 0.6 is 11.8 Å². The average Bonchev–Trinajstić information content (AvgIpc) is 3.36. The Morgan fingerprint density at radius 3 is 1.95 bits per heavy atom. The van der Waals surface area contributed by atoms with Crippen molar-refractivity contribution in [2.45, 2.75) is 44.4 Å². The van der Waals surface area contributed by atoms with Gasteiger partial charge in [-0.2, -0.15) is 0 Å². The number of anilines is 1. The molecule has 1 fully saturated rings. The molecule has 5 heteroatoms. The fourth-order valence-electron chi connectivity index (χ4n) is 6.63. The minimum absolute atomic E-state index is 0.0958. The zero-order valence-electron chi connectivity index (χ0n) is 24.1. The maximum absolute atomic E-state index is 12.9. The van der Waals surface area contributed by atoms with Gasteiger partial charge in [0.25, 0.3) is 5.91 Å². The quantitative estimate of drug-likeness (QED) is 0.245. The number of amides is 1. The average molecular weight is 570 g/mol. The third kappa shape index (κ3) is 5.18. The molecule has 0 aromatic heterocycles. The van der Waals surface area contributed by atoms with Crippen molar-refractivity contribution in [3.63, 3.8) is 0 Å². The van der Waals surface area contributed by atoms with Crippen molar-refractivity contribution < 1.29 is 4.79 Å². The number of benzene rings is 4. The lowest BCUT2D eigenvalue weighted by Crippen LogP contribution is -2.37. The second-order valence-corrected chi connectivity index (χ2v) is 12.8. The van der Waals surface area contributed by atoms with E-state index >= 15 is 0 Å². The van der Waals surface area contributed by atoms with Gasteiger partial charge in [0.15, 0.2) is 5.17 Å². The van der Waals surface area contributed by atoms with Crippen molar-refractivity contribution in [2.75, 3.05) is 18.0 Å². The van der Waals surface area contributed by atoms with E-state index in [1.165, 1.54) is 45.3 Å². The monoisotopic (exact) mass is 569 g/mol. The lowest BCUT2D eigenvalue weighted by atomic mass is 9.76. The SMILES string of the molecule is CC(C)c1ccc(/C=C2\SC(=Nc3cc4c5c(c3)[C@@H](c3ccccc3)CCN5CC[C@@H]4c3ccccc3)NC2=O)cc1. The summed E-state index contributed by atoms with van der Waals surface area (Å²) in [5.41, 5.74) is 9.99. The van der Waals surface area contributed by atoms with Crippen LogP contribution in [0.2, 0.25) is 0 Å². The van der Waals surface area contributed by atoms with Crippen molar-refractivity contribution in [3.05, 3.63) is 135 Å². The van der Waals surface area contributed by atoms with E-state index in [9.17, 15) is 4.79 Å². The van der Waals surface area contributed by atoms with Crippen LogP contribution < -0.4 is 10.2 Å². The van der Waals surface area contributed by atoms with Gasteiger partial charge in [0.1, 0.15) is 0 Å². The second-order valence-electron chi connectivity index (χ2n) is 11.8. The van der Waals surface area contributed by atoms with Crippen LogP contribution in [0.4, 0.5) is 11.4 Å². The van der Waals surface area contributed by atoms with E-state index in [1.54, 1.807) is 0 Å². The molecule has 1 saturated heterocycles. The fourth-order valence-corrected chi connectivity index (χ4v) is 7.47. The molecule has 0 spiro atoms. The number of rotatable bonds is 5. The summed E-state index contributed by atoms with van der Waals surface area (Å²) in [4.78, 5) is 21.2. The lowest BCUT2D eigenvalue weighted by Gasteiger charge is -2.43. The van der Waals surface area contributed by atoms with E-state index in [0.717, 1.165) is 37.2 Å². The predicted octanol–water partition coefficient (Wildman–Crippen LogP) is 8.58. The van der Waals surface area contributed by atoms with Gasteiger partial charge in [-0.25, -0.2) is 4.99 Å². The van der Waals surface area contributed by atoms with Crippen LogP contribution in [-0.2, 0) is 4.79 Å². The first-order chi connectivity index (χ1) is 20.5. The molecule has 7 rings (SSSR count). The Bertz CT molecular complexity index is 1600. The van der Waals surface area contributed by atoms with E-state index in [0.29, 0.717) is 27.8 Å². The number of thioether (sulfide) groups is 1. The van der Waals surface area contributed by atoms with Gasteiger partial charge in [-0.05, 0) is 82.1 Å². The molecule has 4 aromatic rings. The molecule has 3 heterocycles. The Balaban J connectivity index is 1.28. The first kappa shape index (κ1) is 26.8. The molecule has 42 heavy (non-hydrogen) atoms. The van der Waals surface area contributed by atoms with E-state index in [1.807, 2.05) is 6.08 Å². The number of aliphatic imine (C=N–C) groups is 1. The molecule has 4 nitrogen and oxygen atoms in total. The number of nitrogens with one attached hydrogen (secondary N) is 1. The summed E-state index contributed by atoms with van der Waals surface area (Å²) in [5.74, 6) is 1.02. The van der Waals surface area contributed by atoms with Crippen LogP contribution in [0.5, 0.6) is 0 Å². The number of carbonyl (C=O) groups is 1. The van der Waals surface area contributed by atoms with Crippen molar-refractivity contribution >= 4 is 40.3 Å². The third-order valence-electron chi connectivity index (χ3n) is 8.78. The molecule has 2 atom stereocenters. The summed E-state index contributed by atoms with van der Waals surface area (Å²) in [5, 5.41) is 3.66. The summed E-state index contributed by atoms with van der Waals surface area (Å²) >= 11 is 1.42. The van der Waals surface area contributed by atoms with E-state index in [2.05, 4.69) is 121 Å². The molecule has 0 aliphatic carbocycles. The van der Waals surface area contributed by atoms with Crippen LogP contribution in [0, 0.1) is 0 Å². The molecular formula is C37H35N3OS. The zero-order valence-corrected chi connectivity index (χ0v) is 24.9. The topological polar surface area (TPSA) is 44.7 Å². The number of nitrogens with zero attached hydrogens (tertiary/aromatic N) is 2. The van der Waals surface area contributed by atoms with Crippen molar-refractivity contribution in [1.29, 1.82) is 0 Å². The Kier molecular flexibility index (Phi) is 7.20. The molecule has 0 bridgehead atoms. The minimum atomic E-state index is -0.0958. The zero-order chi connectivity index (χ0) is 28.6. The Labute approximate surface area is 252 Å². The third-order valence-corrected chi connectivity index (χ3v) is 9.69. The van der Waals surface area contributed by atoms with Crippen molar-refractivity contribution in [2.24, 2.45) is 4.99 Å². The van der Waals surface area contributed by atoms with E-state index < -0.39 is 0 Å². The second kappa shape index (κ2) is 11.3. The predicted molar refractivity (Wildman–Crippen MR) is 176 cm³/mol. The Morgan fingerprint density at radius 1 is 0.833 bits per heavy atom. The van der Waals surface area contributed by atoms with Gasteiger partial charge < -0.3 is 10.2 Å². The molecule has 0 radical (unpaired) electrons. The fraction of sp³-hybridized carbons (Fsp3) is 0.243. The maximum atomic E-state index is 12.9. The minimum Gasteiger partial charge on any atom is -0.371 e. The smallest absolute Gasteiger partial charge is 0.264 e. The number of hydrogen-bond donors (Lipinski definition) is 1. The van der Waals surface area contributed by atoms with Crippen molar-refractivity contribution in [1.82, 2.24) is 5.32 Å². The Hall–Kier alpha value is -4.09. The highest BCUT2D eigenvalue weighted by molar-refractivity contribution is 8.18. The van der Waals surface area contributed by atoms with Gasteiger partial charge in [0, 0.05) is 30.6 Å². The summed E-state index contributed by atoms with van der Waals surface area (Å²) in [7, 11) is 0. The number of hydrogen-bond acceptors (Lipinski definition) is 4. The van der Waals surface area contributed by atoms with Crippen LogP contribution in [0.1, 0.15) is 77.8 Å². The van der Waals surface area contributed by atoms with Crippen LogP contribution in [-0.4, -0.2) is 24.2 Å². The number of carbonyl (C=O) groups excluding carboxylic acids is 1. The van der Waals surface area contributed by atoms with Gasteiger partial charge in [0.2, 0.25) is 0 Å². The van der Waals surface area contributed by atoms with Crippen LogP contribution in [0.25, 0.3) is 6.08 Å². The van der Waals surface area contributed by atoms with Gasteiger partial charge >= 0.3 is 0 Å². The first-order valence-corrected chi connectivity index (χ1v) is 15.8. The highest BCUT2D eigenvalue weighted by atomic mass is 32.2.